The zero-order chi connectivity index (χ0) is 13.3. The van der Waals surface area contributed by atoms with Crippen LogP contribution in [0.15, 0.2) is 24.4 Å². The van der Waals surface area contributed by atoms with Gasteiger partial charge in [0, 0.05) is 18.6 Å². The van der Waals surface area contributed by atoms with Gasteiger partial charge in [-0.05, 0) is 6.07 Å². The minimum atomic E-state index is -0.870. The predicted octanol–water partition coefficient (Wildman–Crippen LogP) is 1.54. The number of ether oxygens (including phenoxy) is 2. The summed E-state index contributed by atoms with van der Waals surface area (Å²) in [6.07, 6.45) is 1.60. The van der Waals surface area contributed by atoms with Crippen molar-refractivity contribution in [2.24, 2.45) is 7.05 Å². The van der Waals surface area contributed by atoms with Crippen molar-refractivity contribution < 1.29 is 19.1 Å². The maximum atomic E-state index is 11.9. The summed E-state index contributed by atoms with van der Waals surface area (Å²) >= 11 is 0. The summed E-state index contributed by atoms with van der Waals surface area (Å²) in [5, 5.41) is 0.673. The summed E-state index contributed by atoms with van der Waals surface area (Å²) in [7, 11) is 4.54. The number of para-hydroxylation sites is 1. The highest BCUT2D eigenvalue weighted by molar-refractivity contribution is 6.43. The summed E-state index contributed by atoms with van der Waals surface area (Å²) in [5.74, 6) is -0.874. The third-order valence-corrected chi connectivity index (χ3v) is 2.80. The molecule has 0 unspecified atom stereocenters. The maximum absolute atomic E-state index is 11.9. The van der Waals surface area contributed by atoms with Gasteiger partial charge >= 0.3 is 5.97 Å². The van der Waals surface area contributed by atoms with Crippen molar-refractivity contribution in [3.05, 3.63) is 30.0 Å². The molecule has 2 rings (SSSR count). The number of hydrogen-bond acceptors (Lipinski definition) is 4. The lowest BCUT2D eigenvalue weighted by molar-refractivity contribution is -0.135. The van der Waals surface area contributed by atoms with Crippen LogP contribution in [0.1, 0.15) is 10.4 Å². The van der Waals surface area contributed by atoms with Crippen molar-refractivity contribution in [2.45, 2.75) is 0 Å². The SMILES string of the molecule is COC(=O)C(=O)c1cn(C)c2c(OC)cccc12. The van der Waals surface area contributed by atoms with Crippen LogP contribution in [0.25, 0.3) is 10.9 Å². The Morgan fingerprint density at radius 2 is 1.94 bits per heavy atom. The van der Waals surface area contributed by atoms with Gasteiger partial charge in [-0.1, -0.05) is 12.1 Å². The van der Waals surface area contributed by atoms with E-state index in [-0.39, 0.29) is 0 Å². The Morgan fingerprint density at radius 3 is 2.56 bits per heavy atom. The first-order valence-corrected chi connectivity index (χ1v) is 5.34. The predicted molar refractivity (Wildman–Crippen MR) is 65.8 cm³/mol. The normalized spacial score (nSPS) is 10.4. The number of esters is 1. The maximum Gasteiger partial charge on any atom is 0.379 e. The van der Waals surface area contributed by atoms with E-state index in [1.807, 2.05) is 0 Å². The van der Waals surface area contributed by atoms with E-state index in [0.29, 0.717) is 16.7 Å². The van der Waals surface area contributed by atoms with E-state index in [2.05, 4.69) is 4.74 Å². The van der Waals surface area contributed by atoms with Gasteiger partial charge in [0.05, 0.1) is 25.3 Å². The average molecular weight is 247 g/mol. The molecule has 0 saturated heterocycles. The van der Waals surface area contributed by atoms with Crippen molar-refractivity contribution in [3.63, 3.8) is 0 Å². The first-order valence-electron chi connectivity index (χ1n) is 5.34. The van der Waals surface area contributed by atoms with Crippen molar-refractivity contribution in [3.8, 4) is 5.75 Å². The molecule has 1 heterocycles. The number of carbonyl (C=O) groups excluding carboxylic acids is 2. The van der Waals surface area contributed by atoms with E-state index in [1.165, 1.54) is 7.11 Å². The second-order valence-electron chi connectivity index (χ2n) is 3.83. The molecule has 0 bridgehead atoms. The first kappa shape index (κ1) is 12.2. The number of benzene rings is 1. The topological polar surface area (TPSA) is 57.5 Å². The molecule has 0 aliphatic rings. The Labute approximate surface area is 104 Å². The first-order chi connectivity index (χ1) is 8.60. The summed E-state index contributed by atoms with van der Waals surface area (Å²) in [5.41, 5.74) is 1.09. The number of carbonyl (C=O) groups is 2. The lowest BCUT2D eigenvalue weighted by Gasteiger charge is -2.03. The van der Waals surface area contributed by atoms with Crippen LogP contribution in [0, 0.1) is 0 Å². The van der Waals surface area contributed by atoms with E-state index in [4.69, 9.17) is 4.74 Å². The van der Waals surface area contributed by atoms with Crippen molar-refractivity contribution in [1.82, 2.24) is 4.57 Å². The molecule has 0 amide bonds. The van der Waals surface area contributed by atoms with Gasteiger partial charge in [0.15, 0.2) is 0 Å². The van der Waals surface area contributed by atoms with Gasteiger partial charge in [0.2, 0.25) is 0 Å². The summed E-state index contributed by atoms with van der Waals surface area (Å²) in [6, 6.07) is 5.35. The highest BCUT2D eigenvalue weighted by Gasteiger charge is 2.22. The number of aryl methyl sites for hydroxylation is 1. The fraction of sp³-hybridized carbons (Fsp3) is 0.231. The molecular formula is C13H13NO4. The van der Waals surface area contributed by atoms with Gasteiger partial charge in [-0.15, -0.1) is 0 Å². The highest BCUT2D eigenvalue weighted by atomic mass is 16.5. The zero-order valence-electron chi connectivity index (χ0n) is 10.4. The average Bonchev–Trinajstić information content (AvgIpc) is 2.74. The molecule has 18 heavy (non-hydrogen) atoms. The molecule has 5 nitrogen and oxygen atoms in total. The Bertz CT molecular complexity index is 627. The molecule has 1 aromatic carbocycles. The fourth-order valence-corrected chi connectivity index (χ4v) is 1.98. The van der Waals surface area contributed by atoms with Crippen LogP contribution in [0.4, 0.5) is 0 Å². The Hall–Kier alpha value is -2.30. The van der Waals surface area contributed by atoms with E-state index < -0.39 is 11.8 Å². The Morgan fingerprint density at radius 1 is 1.22 bits per heavy atom. The fourth-order valence-electron chi connectivity index (χ4n) is 1.98. The van der Waals surface area contributed by atoms with Gasteiger partial charge in [-0.2, -0.15) is 0 Å². The summed E-state index contributed by atoms with van der Waals surface area (Å²) in [4.78, 5) is 23.2. The smallest absolute Gasteiger partial charge is 0.379 e. The Balaban J connectivity index is 2.68. The van der Waals surface area contributed by atoms with Crippen LogP contribution in [0.5, 0.6) is 5.75 Å². The molecular weight excluding hydrogens is 234 g/mol. The van der Waals surface area contributed by atoms with Gasteiger partial charge in [0.1, 0.15) is 5.75 Å². The molecule has 2 aromatic rings. The minimum Gasteiger partial charge on any atom is -0.495 e. The van der Waals surface area contributed by atoms with E-state index in [1.54, 1.807) is 43.1 Å². The molecule has 0 saturated carbocycles. The molecule has 94 valence electrons. The molecule has 5 heteroatoms. The standard InChI is InChI=1S/C13H13NO4/c1-14-7-9(12(15)13(16)18-3)8-5-4-6-10(17-2)11(8)14/h4-7H,1-3H3. The van der Waals surface area contributed by atoms with Crippen LogP contribution < -0.4 is 4.74 Å². The van der Waals surface area contributed by atoms with Crippen molar-refractivity contribution in [1.29, 1.82) is 0 Å². The number of aromatic nitrogens is 1. The molecule has 1 aromatic heterocycles. The molecule has 0 aliphatic carbocycles. The lowest BCUT2D eigenvalue weighted by Crippen LogP contribution is -2.15. The summed E-state index contributed by atoms with van der Waals surface area (Å²) in [6.45, 7) is 0. The van der Waals surface area contributed by atoms with Crippen LogP contribution in [0.2, 0.25) is 0 Å². The third-order valence-electron chi connectivity index (χ3n) is 2.80. The quantitative estimate of drug-likeness (QED) is 0.469. The molecule has 0 atom stereocenters. The largest absolute Gasteiger partial charge is 0.495 e. The van der Waals surface area contributed by atoms with E-state index in [9.17, 15) is 9.59 Å². The number of methoxy groups -OCH3 is 2. The number of fused-ring (bicyclic) bond motifs is 1. The monoisotopic (exact) mass is 247 g/mol. The van der Waals surface area contributed by atoms with Crippen molar-refractivity contribution in [2.75, 3.05) is 14.2 Å². The Kier molecular flexibility index (Phi) is 3.06. The van der Waals surface area contributed by atoms with Crippen LogP contribution in [-0.4, -0.2) is 30.5 Å². The molecule has 0 spiro atoms. The van der Waals surface area contributed by atoms with Crippen LogP contribution >= 0.6 is 0 Å². The van der Waals surface area contributed by atoms with Gasteiger partial charge in [-0.3, -0.25) is 4.79 Å². The second-order valence-corrected chi connectivity index (χ2v) is 3.83. The number of ketones is 1. The second kappa shape index (κ2) is 4.52. The van der Waals surface area contributed by atoms with E-state index >= 15 is 0 Å². The van der Waals surface area contributed by atoms with Crippen LogP contribution in [-0.2, 0) is 16.6 Å². The number of rotatable bonds is 3. The number of nitrogens with zero attached hydrogens (tertiary/aromatic N) is 1. The zero-order valence-corrected chi connectivity index (χ0v) is 10.4. The van der Waals surface area contributed by atoms with Crippen LogP contribution in [0.3, 0.4) is 0 Å². The van der Waals surface area contributed by atoms with Gasteiger partial charge in [0.25, 0.3) is 5.78 Å². The van der Waals surface area contributed by atoms with Crippen molar-refractivity contribution >= 4 is 22.7 Å². The highest BCUT2D eigenvalue weighted by Crippen LogP contribution is 2.29. The molecule has 0 radical (unpaired) electrons. The number of hydrogen-bond donors (Lipinski definition) is 0. The molecule has 0 aliphatic heterocycles. The van der Waals surface area contributed by atoms with Gasteiger partial charge < -0.3 is 14.0 Å². The summed E-state index contributed by atoms with van der Waals surface area (Å²) < 4.78 is 11.4. The minimum absolute atomic E-state index is 0.318. The molecule has 0 fully saturated rings. The van der Waals surface area contributed by atoms with E-state index in [0.717, 1.165) is 5.52 Å². The lowest BCUT2D eigenvalue weighted by atomic mass is 10.1. The van der Waals surface area contributed by atoms with Gasteiger partial charge in [-0.25, -0.2) is 4.79 Å². The molecule has 0 N–H and O–H groups in total. The number of Topliss-reactive ketones (excluding diaryl/α,β-unsaturated/α-hetero) is 1. The third kappa shape index (κ3) is 1.73.